The minimum absolute atomic E-state index is 0.0400. The molecule has 0 atom stereocenters. The van der Waals surface area contributed by atoms with Gasteiger partial charge in [0.1, 0.15) is 22.9 Å². The summed E-state index contributed by atoms with van der Waals surface area (Å²) < 4.78 is 36.2. The lowest BCUT2D eigenvalue weighted by atomic mass is 10.1. The van der Waals surface area contributed by atoms with Crippen molar-refractivity contribution in [1.29, 1.82) is 0 Å². The minimum atomic E-state index is -0.695. The smallest absolute Gasteiger partial charge is 0.384 e. The molecule has 0 saturated carbocycles. The second kappa shape index (κ2) is 9.85. The van der Waals surface area contributed by atoms with E-state index in [4.69, 9.17) is 4.74 Å². The normalized spacial score (nSPS) is 10.8. The lowest BCUT2D eigenvalue weighted by molar-refractivity contribution is -0.136. The first-order chi connectivity index (χ1) is 16.8. The molecule has 0 spiro atoms. The molecule has 3 heterocycles. The van der Waals surface area contributed by atoms with Crippen molar-refractivity contribution >= 4 is 28.8 Å². The highest BCUT2D eigenvalue weighted by molar-refractivity contribution is 5.89. The highest BCUT2D eigenvalue weighted by atomic mass is 19.1. The van der Waals surface area contributed by atoms with Crippen molar-refractivity contribution in [2.24, 2.45) is 0 Å². The molecule has 0 aliphatic heterocycles. The number of carbonyl (C=O) groups is 1. The fourth-order valence-corrected chi connectivity index (χ4v) is 3.63. The van der Waals surface area contributed by atoms with E-state index in [0.717, 1.165) is 6.20 Å². The van der Waals surface area contributed by atoms with Crippen molar-refractivity contribution in [3.8, 4) is 23.1 Å². The van der Waals surface area contributed by atoms with Crippen LogP contribution >= 0.6 is 0 Å². The number of imidazole rings is 1. The van der Waals surface area contributed by atoms with Crippen LogP contribution in [0.1, 0.15) is 38.2 Å². The molecule has 0 radical (unpaired) electrons. The summed E-state index contributed by atoms with van der Waals surface area (Å²) in [5.74, 6) is 4.25. The van der Waals surface area contributed by atoms with Gasteiger partial charge in [-0.05, 0) is 52.0 Å². The largest absolute Gasteiger partial charge is 0.456 e. The van der Waals surface area contributed by atoms with Gasteiger partial charge in [-0.1, -0.05) is 5.92 Å². The SMILES string of the molecule is CCOC(=O)C#Cc1ccc(Nc2ncc(F)c(-c3cc(F)c4nc(C)n(C(C)C)c4c3)n2)nc1. The molecule has 0 saturated heterocycles. The third-order valence-corrected chi connectivity index (χ3v) is 5.05. The number of anilines is 2. The molecule has 178 valence electrons. The Labute approximate surface area is 200 Å². The highest BCUT2D eigenvalue weighted by Crippen LogP contribution is 2.30. The maximum Gasteiger partial charge on any atom is 0.384 e. The number of carbonyl (C=O) groups excluding carboxylic acids is 1. The maximum absolute atomic E-state index is 14.9. The van der Waals surface area contributed by atoms with Gasteiger partial charge in [0, 0.05) is 29.3 Å². The number of hydrogen-bond acceptors (Lipinski definition) is 7. The number of rotatable bonds is 5. The number of esters is 1. The van der Waals surface area contributed by atoms with E-state index in [1.165, 1.54) is 12.3 Å². The van der Waals surface area contributed by atoms with Crippen molar-refractivity contribution in [3.63, 3.8) is 0 Å². The molecule has 0 unspecified atom stereocenters. The van der Waals surface area contributed by atoms with Crippen molar-refractivity contribution in [3.05, 3.63) is 59.7 Å². The topological polar surface area (TPSA) is 94.8 Å². The number of ether oxygens (including phenoxy) is 1. The van der Waals surface area contributed by atoms with E-state index in [0.29, 0.717) is 22.7 Å². The van der Waals surface area contributed by atoms with Crippen molar-refractivity contribution < 1.29 is 18.3 Å². The fraction of sp³-hybridized carbons (Fsp3) is 0.240. The zero-order valence-corrected chi connectivity index (χ0v) is 19.6. The molecule has 0 amide bonds. The third kappa shape index (κ3) is 5.09. The lowest BCUT2D eigenvalue weighted by Gasteiger charge is -2.12. The van der Waals surface area contributed by atoms with E-state index in [1.807, 2.05) is 18.4 Å². The zero-order valence-electron chi connectivity index (χ0n) is 19.6. The Balaban J connectivity index is 1.63. The summed E-state index contributed by atoms with van der Waals surface area (Å²) in [6.45, 7) is 7.67. The van der Waals surface area contributed by atoms with Crippen LogP contribution in [0, 0.1) is 30.4 Å². The van der Waals surface area contributed by atoms with E-state index in [9.17, 15) is 13.6 Å². The summed E-state index contributed by atoms with van der Waals surface area (Å²) >= 11 is 0. The van der Waals surface area contributed by atoms with Crippen molar-refractivity contribution in [2.75, 3.05) is 11.9 Å². The first-order valence-electron chi connectivity index (χ1n) is 10.9. The van der Waals surface area contributed by atoms with Crippen LogP contribution in [0.15, 0.2) is 36.7 Å². The number of pyridine rings is 1. The molecule has 3 aromatic heterocycles. The molecular weight excluding hydrogens is 454 g/mol. The van der Waals surface area contributed by atoms with Crippen LogP contribution < -0.4 is 5.32 Å². The Kier molecular flexibility index (Phi) is 6.68. The molecule has 0 aliphatic rings. The lowest BCUT2D eigenvalue weighted by Crippen LogP contribution is -2.04. The molecule has 0 aliphatic carbocycles. The molecule has 35 heavy (non-hydrogen) atoms. The average Bonchev–Trinajstić information content (AvgIpc) is 3.16. The number of halogens is 2. The van der Waals surface area contributed by atoms with Gasteiger partial charge in [0.05, 0.1) is 18.3 Å². The first kappa shape index (κ1) is 23.8. The second-order valence-electron chi connectivity index (χ2n) is 7.87. The molecule has 10 heteroatoms. The van der Waals surface area contributed by atoms with Gasteiger partial charge < -0.3 is 14.6 Å². The van der Waals surface area contributed by atoms with Crippen LogP contribution in [0.4, 0.5) is 20.5 Å². The number of aromatic nitrogens is 5. The van der Waals surface area contributed by atoms with E-state index in [1.54, 1.807) is 32.0 Å². The van der Waals surface area contributed by atoms with Gasteiger partial charge >= 0.3 is 5.97 Å². The third-order valence-electron chi connectivity index (χ3n) is 5.05. The molecule has 4 aromatic rings. The zero-order chi connectivity index (χ0) is 25.1. The van der Waals surface area contributed by atoms with Gasteiger partial charge in [-0.25, -0.2) is 33.5 Å². The van der Waals surface area contributed by atoms with E-state index in [-0.39, 0.29) is 35.4 Å². The number of hydrogen-bond donors (Lipinski definition) is 1. The van der Waals surface area contributed by atoms with Crippen LogP contribution in [0.2, 0.25) is 0 Å². The number of fused-ring (bicyclic) bond motifs is 1. The minimum Gasteiger partial charge on any atom is -0.456 e. The molecule has 0 fully saturated rings. The number of benzene rings is 1. The number of nitrogens with one attached hydrogen (secondary N) is 1. The van der Waals surface area contributed by atoms with Gasteiger partial charge in [0.25, 0.3) is 0 Å². The van der Waals surface area contributed by atoms with Crippen molar-refractivity contribution in [2.45, 2.75) is 33.7 Å². The summed E-state index contributed by atoms with van der Waals surface area (Å²) in [5, 5.41) is 2.89. The Morgan fingerprint density at radius 1 is 1.14 bits per heavy atom. The summed E-state index contributed by atoms with van der Waals surface area (Å²) in [6, 6.07) is 6.17. The Bertz CT molecular complexity index is 1470. The molecule has 1 aromatic carbocycles. The molecule has 0 bridgehead atoms. The van der Waals surface area contributed by atoms with Crippen LogP contribution in [0.3, 0.4) is 0 Å². The van der Waals surface area contributed by atoms with Crippen molar-refractivity contribution in [1.82, 2.24) is 24.5 Å². The summed E-state index contributed by atoms with van der Waals surface area (Å²) in [7, 11) is 0. The summed E-state index contributed by atoms with van der Waals surface area (Å²) in [4.78, 5) is 28.1. The van der Waals surface area contributed by atoms with Crippen LogP contribution in [-0.4, -0.2) is 37.1 Å². The van der Waals surface area contributed by atoms with Crippen LogP contribution in [-0.2, 0) is 9.53 Å². The number of nitrogens with zero attached hydrogens (tertiary/aromatic N) is 5. The maximum atomic E-state index is 14.9. The molecular formula is C25H22F2N6O2. The average molecular weight is 476 g/mol. The van der Waals surface area contributed by atoms with Gasteiger partial charge in [-0.2, -0.15) is 0 Å². The quantitative estimate of drug-likeness (QED) is 0.329. The first-order valence-corrected chi connectivity index (χ1v) is 10.9. The molecule has 4 rings (SSSR count). The Morgan fingerprint density at radius 3 is 2.63 bits per heavy atom. The van der Waals surface area contributed by atoms with E-state index in [2.05, 4.69) is 37.1 Å². The predicted octanol–water partition coefficient (Wildman–Crippen LogP) is 4.71. The van der Waals surface area contributed by atoms with E-state index >= 15 is 0 Å². The summed E-state index contributed by atoms with van der Waals surface area (Å²) in [6.07, 6.45) is 2.47. The van der Waals surface area contributed by atoms with Gasteiger partial charge in [0.15, 0.2) is 11.6 Å². The highest BCUT2D eigenvalue weighted by Gasteiger charge is 2.18. The van der Waals surface area contributed by atoms with Crippen LogP contribution in [0.5, 0.6) is 0 Å². The van der Waals surface area contributed by atoms with Crippen LogP contribution in [0.25, 0.3) is 22.3 Å². The standard InChI is InChI=1S/C25H22F2N6O2/c1-5-35-22(34)9-7-16-6-8-21(28-12-16)31-25-29-13-19(27)23(32-25)17-10-18(26)24-20(11-17)33(14(2)3)15(4)30-24/h6,8,10-14H,5H2,1-4H3,(H,28,29,31,32). The second-order valence-corrected chi connectivity index (χ2v) is 7.87. The van der Waals surface area contributed by atoms with Gasteiger partial charge in [-0.15, -0.1) is 0 Å². The number of aryl methyl sites for hydroxylation is 1. The van der Waals surface area contributed by atoms with Gasteiger partial charge in [0.2, 0.25) is 5.95 Å². The summed E-state index contributed by atoms with van der Waals surface area (Å²) in [5.41, 5.74) is 1.49. The molecule has 1 N–H and O–H groups in total. The molecule has 8 nitrogen and oxygen atoms in total. The van der Waals surface area contributed by atoms with Gasteiger partial charge in [-0.3, -0.25) is 0 Å². The fourth-order valence-electron chi connectivity index (χ4n) is 3.63. The Morgan fingerprint density at radius 2 is 1.94 bits per heavy atom. The predicted molar refractivity (Wildman–Crippen MR) is 127 cm³/mol. The monoisotopic (exact) mass is 476 g/mol. The van der Waals surface area contributed by atoms with E-state index < -0.39 is 17.6 Å². The Hall–Kier alpha value is -4.39.